The van der Waals surface area contributed by atoms with Crippen LogP contribution < -0.4 is 0 Å². The van der Waals surface area contributed by atoms with E-state index in [-0.39, 0.29) is 29.3 Å². The van der Waals surface area contributed by atoms with Crippen LogP contribution in [0.1, 0.15) is 11.3 Å². The highest BCUT2D eigenvalue weighted by molar-refractivity contribution is 8.03. The Balaban J connectivity index is 1.38. The predicted molar refractivity (Wildman–Crippen MR) is 99.2 cm³/mol. The molecule has 2 aliphatic heterocycles. The van der Waals surface area contributed by atoms with Gasteiger partial charge in [-0.3, -0.25) is 29.8 Å². The van der Waals surface area contributed by atoms with Crippen LogP contribution in [-0.2, 0) is 20.9 Å². The molecule has 0 saturated carbocycles. The minimum Gasteiger partial charge on any atom is -0.456 e. The van der Waals surface area contributed by atoms with Crippen LogP contribution in [-0.4, -0.2) is 37.0 Å². The molecule has 10 heteroatoms. The fourth-order valence-electron chi connectivity index (χ4n) is 2.74. The topological polar surface area (TPSA) is 116 Å². The number of hydrogen-bond acceptors (Lipinski definition) is 8. The summed E-state index contributed by atoms with van der Waals surface area (Å²) in [7, 11) is 0. The van der Waals surface area contributed by atoms with E-state index < -0.39 is 10.9 Å². The van der Waals surface area contributed by atoms with Crippen LogP contribution in [0.4, 0.5) is 5.69 Å². The molecule has 9 nitrogen and oxygen atoms in total. The molecule has 1 unspecified atom stereocenters. The molecular formula is C18H12N4O5S. The van der Waals surface area contributed by atoms with Crippen LogP contribution in [0.15, 0.2) is 59.5 Å². The number of nitro benzene ring substituents is 1. The summed E-state index contributed by atoms with van der Waals surface area (Å²) in [5, 5.41) is 12.0. The third-order valence-electron chi connectivity index (χ3n) is 4.15. The van der Waals surface area contributed by atoms with Gasteiger partial charge in [0.1, 0.15) is 17.7 Å². The number of rotatable bonds is 5. The fraction of sp³-hybridized carbons (Fsp3) is 0.111. The van der Waals surface area contributed by atoms with Crippen LogP contribution in [0.5, 0.6) is 0 Å². The molecule has 2 aromatic rings. The lowest BCUT2D eigenvalue weighted by Crippen LogP contribution is -2.51. The first-order valence-corrected chi connectivity index (χ1v) is 9.06. The summed E-state index contributed by atoms with van der Waals surface area (Å²) < 4.78 is 5.24. The Morgan fingerprint density at radius 2 is 2.11 bits per heavy atom. The number of hydrogen-bond donors (Lipinski definition) is 0. The second kappa shape index (κ2) is 7.24. The highest BCUT2D eigenvalue weighted by Gasteiger charge is 2.49. The molecule has 28 heavy (non-hydrogen) atoms. The smallest absolute Gasteiger partial charge is 0.355 e. The van der Waals surface area contributed by atoms with E-state index in [1.807, 2.05) is 0 Å². The number of β-lactam (4-membered cyclic amide) rings is 1. The van der Waals surface area contributed by atoms with Crippen molar-refractivity contribution < 1.29 is 19.2 Å². The molecule has 1 saturated heterocycles. The van der Waals surface area contributed by atoms with Gasteiger partial charge in [-0.25, -0.2) is 4.79 Å². The summed E-state index contributed by atoms with van der Waals surface area (Å²) in [4.78, 5) is 44.4. The Morgan fingerprint density at radius 3 is 2.79 bits per heavy atom. The van der Waals surface area contributed by atoms with E-state index in [2.05, 4.69) is 9.97 Å². The first-order valence-electron chi connectivity index (χ1n) is 8.12. The van der Waals surface area contributed by atoms with E-state index in [1.165, 1.54) is 47.1 Å². The van der Waals surface area contributed by atoms with Gasteiger partial charge in [0, 0.05) is 29.9 Å². The van der Waals surface area contributed by atoms with Gasteiger partial charge in [0.25, 0.3) is 11.6 Å². The van der Waals surface area contributed by atoms with Crippen LogP contribution in [0.2, 0.25) is 0 Å². The largest absolute Gasteiger partial charge is 0.456 e. The van der Waals surface area contributed by atoms with E-state index >= 15 is 0 Å². The first kappa shape index (κ1) is 17.9. The van der Waals surface area contributed by atoms with E-state index in [0.717, 1.165) is 0 Å². The number of ether oxygens (including phenoxy) is 1. The molecule has 0 N–H and O–H groups in total. The predicted octanol–water partition coefficient (Wildman–Crippen LogP) is 2.27. The first-order chi connectivity index (χ1) is 13.5. The number of fused-ring (bicyclic) bond motifs is 1. The number of nitrogens with zero attached hydrogens (tertiary/aromatic N) is 4. The summed E-state index contributed by atoms with van der Waals surface area (Å²) in [5.41, 5.74) is 1.86. The Morgan fingerprint density at radius 1 is 1.32 bits per heavy atom. The highest BCUT2D eigenvalue weighted by Crippen LogP contribution is 2.45. The summed E-state index contributed by atoms with van der Waals surface area (Å²) in [5.74, 6) is -0.903. The minimum atomic E-state index is -0.625. The minimum absolute atomic E-state index is 0.0404. The SMILES string of the molecule is O=C(OCc1ccc([N+](=O)[O-])cc1)C1=CSC2C(=Cc3cnccn3)C(=O)N12. The number of non-ortho nitro benzene ring substituents is 1. The lowest BCUT2D eigenvalue weighted by Gasteiger charge is -2.37. The van der Waals surface area contributed by atoms with Crippen LogP contribution >= 0.6 is 11.8 Å². The van der Waals surface area contributed by atoms with Gasteiger partial charge in [-0.05, 0) is 23.8 Å². The second-order valence-electron chi connectivity index (χ2n) is 5.90. The molecule has 1 atom stereocenters. The van der Waals surface area contributed by atoms with Crippen molar-refractivity contribution in [3.8, 4) is 0 Å². The van der Waals surface area contributed by atoms with E-state index in [9.17, 15) is 19.7 Å². The standard InChI is InChI=1S/C18H12N4O5S/c23-16-14(7-12-8-19-5-6-20-12)17-21(16)15(10-28-17)18(24)27-9-11-1-3-13(4-2-11)22(25)26/h1-8,10,17H,9H2. The van der Waals surface area contributed by atoms with Crippen LogP contribution in [0, 0.1) is 10.1 Å². The summed E-state index contributed by atoms with van der Waals surface area (Å²) in [6, 6.07) is 5.71. The molecule has 1 amide bonds. The van der Waals surface area contributed by atoms with Gasteiger partial charge < -0.3 is 4.74 Å². The Bertz CT molecular complexity index is 1020. The number of aromatic nitrogens is 2. The third-order valence-corrected chi connectivity index (χ3v) is 5.23. The van der Waals surface area contributed by atoms with E-state index in [0.29, 0.717) is 16.8 Å². The number of carbonyl (C=O) groups is 2. The zero-order valence-corrected chi connectivity index (χ0v) is 15.0. The van der Waals surface area contributed by atoms with Crippen LogP contribution in [0.3, 0.4) is 0 Å². The van der Waals surface area contributed by atoms with Gasteiger partial charge in [0.05, 0.1) is 22.4 Å². The molecule has 4 rings (SSSR count). The number of esters is 1. The molecule has 2 aliphatic rings. The Labute approximate surface area is 162 Å². The zero-order chi connectivity index (χ0) is 19.7. The van der Waals surface area contributed by atoms with Crippen LogP contribution in [0.25, 0.3) is 6.08 Å². The lowest BCUT2D eigenvalue weighted by atomic mass is 10.0. The van der Waals surface area contributed by atoms with Gasteiger partial charge in [-0.15, -0.1) is 11.8 Å². The maximum Gasteiger partial charge on any atom is 0.355 e. The van der Waals surface area contributed by atoms with Crippen molar-refractivity contribution in [1.29, 1.82) is 0 Å². The quantitative estimate of drug-likeness (QED) is 0.248. The number of benzene rings is 1. The lowest BCUT2D eigenvalue weighted by molar-refractivity contribution is -0.384. The summed E-state index contributed by atoms with van der Waals surface area (Å²) >= 11 is 1.34. The van der Waals surface area contributed by atoms with Crippen molar-refractivity contribution in [2.45, 2.75) is 12.0 Å². The molecule has 0 spiro atoms. The molecule has 3 heterocycles. The van der Waals surface area contributed by atoms with Crippen molar-refractivity contribution >= 4 is 35.4 Å². The van der Waals surface area contributed by atoms with E-state index in [4.69, 9.17) is 4.74 Å². The maximum atomic E-state index is 12.4. The Hall–Kier alpha value is -3.53. The molecule has 0 aliphatic carbocycles. The zero-order valence-electron chi connectivity index (χ0n) is 14.2. The average molecular weight is 396 g/mol. The van der Waals surface area contributed by atoms with Crippen molar-refractivity contribution in [3.63, 3.8) is 0 Å². The summed E-state index contributed by atoms with van der Waals surface area (Å²) in [6.07, 6.45) is 6.29. The van der Waals surface area contributed by atoms with Gasteiger partial charge in [-0.2, -0.15) is 0 Å². The molecule has 0 radical (unpaired) electrons. The van der Waals surface area contributed by atoms with Crippen molar-refractivity contribution in [2.24, 2.45) is 0 Å². The fourth-order valence-corrected chi connectivity index (χ4v) is 3.85. The van der Waals surface area contributed by atoms with Crippen molar-refractivity contribution in [1.82, 2.24) is 14.9 Å². The number of thioether (sulfide) groups is 1. The van der Waals surface area contributed by atoms with Gasteiger partial charge in [-0.1, -0.05) is 0 Å². The number of carbonyl (C=O) groups excluding carboxylic acids is 2. The molecular weight excluding hydrogens is 384 g/mol. The average Bonchev–Trinajstić information content (AvgIpc) is 3.12. The second-order valence-corrected chi connectivity index (χ2v) is 6.85. The third kappa shape index (κ3) is 3.25. The van der Waals surface area contributed by atoms with Crippen molar-refractivity contribution in [2.75, 3.05) is 0 Å². The molecule has 140 valence electrons. The molecule has 0 bridgehead atoms. The highest BCUT2D eigenvalue weighted by atomic mass is 32.2. The molecule has 1 fully saturated rings. The number of nitro groups is 1. The molecule has 1 aromatic heterocycles. The maximum absolute atomic E-state index is 12.4. The molecule has 1 aromatic carbocycles. The summed E-state index contributed by atoms with van der Waals surface area (Å²) in [6.45, 7) is -0.0478. The monoisotopic (exact) mass is 396 g/mol. The Kier molecular flexibility index (Phi) is 4.62. The van der Waals surface area contributed by atoms with Gasteiger partial charge >= 0.3 is 5.97 Å². The van der Waals surface area contributed by atoms with Gasteiger partial charge in [0.15, 0.2) is 0 Å². The number of amides is 1. The van der Waals surface area contributed by atoms with Gasteiger partial charge in [0.2, 0.25) is 0 Å². The normalized spacial score (nSPS) is 19.1. The van der Waals surface area contributed by atoms with E-state index in [1.54, 1.807) is 23.9 Å². The van der Waals surface area contributed by atoms with Crippen molar-refractivity contribution in [3.05, 3.63) is 80.9 Å².